The predicted octanol–water partition coefficient (Wildman–Crippen LogP) is 2.90. The number of rotatable bonds is 5. The molecule has 5 heteroatoms. The van der Waals surface area contributed by atoms with Crippen LogP contribution in [0.15, 0.2) is 24.3 Å². The second kappa shape index (κ2) is 5.55. The predicted molar refractivity (Wildman–Crippen MR) is 66.8 cm³/mol. The first-order valence-electron chi connectivity index (χ1n) is 6.26. The second-order valence-corrected chi connectivity index (χ2v) is 5.04. The third kappa shape index (κ3) is 3.66. The number of hydrogen-bond acceptors (Lipinski definition) is 2. The maximum atomic E-state index is 12.0. The maximum absolute atomic E-state index is 12.0. The average molecular weight is 269 g/mol. The molecule has 0 heterocycles. The van der Waals surface area contributed by atoms with Gasteiger partial charge in [-0.05, 0) is 30.0 Å². The molecule has 1 aliphatic carbocycles. The van der Waals surface area contributed by atoms with Gasteiger partial charge in [-0.15, -0.1) is 0 Å². The lowest BCUT2D eigenvalue weighted by Crippen LogP contribution is -2.28. The summed E-state index contributed by atoms with van der Waals surface area (Å²) in [6, 6.07) is 6.36. The highest BCUT2D eigenvalue weighted by Gasteiger charge is 2.40. The molecule has 1 fully saturated rings. The molecule has 0 radical (unpaired) electrons. The van der Waals surface area contributed by atoms with Gasteiger partial charge in [0.25, 0.3) is 0 Å². The van der Waals surface area contributed by atoms with E-state index in [4.69, 9.17) is 0 Å². The van der Waals surface area contributed by atoms with Gasteiger partial charge in [0.05, 0.1) is 0 Å². The number of halogens is 2. The smallest absolute Gasteiger partial charge is 0.387 e. The first kappa shape index (κ1) is 13.8. The van der Waals surface area contributed by atoms with E-state index in [1.54, 1.807) is 24.1 Å². The lowest BCUT2D eigenvalue weighted by molar-refractivity contribution is -0.132. The van der Waals surface area contributed by atoms with Crippen molar-refractivity contribution in [1.29, 1.82) is 0 Å². The molecule has 0 N–H and O–H groups in total. The van der Waals surface area contributed by atoms with E-state index in [0.29, 0.717) is 12.5 Å². The van der Waals surface area contributed by atoms with Crippen LogP contribution in [0.5, 0.6) is 5.75 Å². The van der Waals surface area contributed by atoms with E-state index in [2.05, 4.69) is 11.7 Å². The summed E-state index contributed by atoms with van der Waals surface area (Å²) in [5, 5.41) is 0. The van der Waals surface area contributed by atoms with Gasteiger partial charge in [-0.25, -0.2) is 0 Å². The monoisotopic (exact) mass is 269 g/mol. The summed E-state index contributed by atoms with van der Waals surface area (Å²) in [6.07, 6.45) is 0.963. The van der Waals surface area contributed by atoms with E-state index in [1.165, 1.54) is 12.1 Å². The summed E-state index contributed by atoms with van der Waals surface area (Å²) in [4.78, 5) is 13.6. The van der Waals surface area contributed by atoms with Crippen molar-refractivity contribution in [2.75, 3.05) is 7.05 Å². The minimum absolute atomic E-state index is 0.128. The zero-order valence-corrected chi connectivity index (χ0v) is 11.0. The fourth-order valence-corrected chi connectivity index (χ4v) is 2.08. The molecule has 2 rings (SSSR count). The zero-order chi connectivity index (χ0) is 14.0. The maximum Gasteiger partial charge on any atom is 0.387 e. The first-order valence-corrected chi connectivity index (χ1v) is 6.26. The standard InChI is InChI=1S/C14H17F2NO2/c1-9-7-12(9)13(18)17(2)8-10-3-5-11(6-4-10)19-14(15)16/h3-6,9,12,14H,7-8H2,1-2H3. The molecular formula is C14H17F2NO2. The van der Waals surface area contributed by atoms with Gasteiger partial charge >= 0.3 is 6.61 Å². The summed E-state index contributed by atoms with van der Waals surface area (Å²) >= 11 is 0. The van der Waals surface area contributed by atoms with Crippen LogP contribution in [0.3, 0.4) is 0 Å². The average Bonchev–Trinajstić information content (AvgIpc) is 3.07. The minimum Gasteiger partial charge on any atom is -0.435 e. The molecule has 0 bridgehead atoms. The molecule has 2 unspecified atom stereocenters. The fourth-order valence-electron chi connectivity index (χ4n) is 2.08. The number of benzene rings is 1. The van der Waals surface area contributed by atoms with Crippen LogP contribution in [0.25, 0.3) is 0 Å². The molecule has 104 valence electrons. The van der Waals surface area contributed by atoms with E-state index < -0.39 is 6.61 Å². The lowest BCUT2D eigenvalue weighted by atomic mass is 10.2. The van der Waals surface area contributed by atoms with Crippen LogP contribution in [-0.4, -0.2) is 24.5 Å². The number of ether oxygens (including phenoxy) is 1. The topological polar surface area (TPSA) is 29.5 Å². The highest BCUT2D eigenvalue weighted by molar-refractivity contribution is 5.81. The Morgan fingerprint density at radius 3 is 2.47 bits per heavy atom. The van der Waals surface area contributed by atoms with Crippen LogP contribution in [0.2, 0.25) is 0 Å². The highest BCUT2D eigenvalue weighted by atomic mass is 19.3. The van der Waals surface area contributed by atoms with Crippen LogP contribution >= 0.6 is 0 Å². The van der Waals surface area contributed by atoms with Crippen molar-refractivity contribution in [1.82, 2.24) is 4.90 Å². The minimum atomic E-state index is -2.81. The van der Waals surface area contributed by atoms with Gasteiger partial charge in [0.2, 0.25) is 5.91 Å². The zero-order valence-electron chi connectivity index (χ0n) is 11.0. The Kier molecular flexibility index (Phi) is 4.02. The number of alkyl halides is 2. The molecular weight excluding hydrogens is 252 g/mol. The summed E-state index contributed by atoms with van der Waals surface area (Å²) in [7, 11) is 1.76. The quantitative estimate of drug-likeness (QED) is 0.822. The molecule has 1 aromatic carbocycles. The van der Waals surface area contributed by atoms with Crippen molar-refractivity contribution in [3.63, 3.8) is 0 Å². The van der Waals surface area contributed by atoms with Crippen LogP contribution in [0, 0.1) is 11.8 Å². The Bertz CT molecular complexity index is 447. The highest BCUT2D eigenvalue weighted by Crippen LogP contribution is 2.39. The number of nitrogens with zero attached hydrogens (tertiary/aromatic N) is 1. The van der Waals surface area contributed by atoms with Gasteiger partial charge in [-0.1, -0.05) is 19.1 Å². The summed E-state index contributed by atoms with van der Waals surface area (Å²) in [5.41, 5.74) is 0.894. The van der Waals surface area contributed by atoms with E-state index in [-0.39, 0.29) is 17.6 Å². The van der Waals surface area contributed by atoms with Crippen molar-refractivity contribution in [2.45, 2.75) is 26.5 Å². The van der Waals surface area contributed by atoms with Crippen LogP contribution in [-0.2, 0) is 11.3 Å². The molecule has 19 heavy (non-hydrogen) atoms. The SMILES string of the molecule is CC1CC1C(=O)N(C)Cc1ccc(OC(F)F)cc1. The molecule has 1 saturated carbocycles. The third-order valence-corrected chi connectivity index (χ3v) is 3.37. The van der Waals surface area contributed by atoms with Gasteiger partial charge in [-0.3, -0.25) is 4.79 Å². The number of hydrogen-bond donors (Lipinski definition) is 0. The van der Waals surface area contributed by atoms with Crippen LogP contribution in [0.1, 0.15) is 18.9 Å². The Morgan fingerprint density at radius 2 is 2.00 bits per heavy atom. The normalized spacial score (nSPS) is 21.3. The summed E-state index contributed by atoms with van der Waals surface area (Å²) < 4.78 is 28.3. The van der Waals surface area contributed by atoms with Crippen molar-refractivity contribution in [2.24, 2.45) is 11.8 Å². The van der Waals surface area contributed by atoms with Crippen molar-refractivity contribution < 1.29 is 18.3 Å². The Morgan fingerprint density at radius 1 is 1.42 bits per heavy atom. The summed E-state index contributed by atoms with van der Waals surface area (Å²) in [5.74, 6) is 0.923. The van der Waals surface area contributed by atoms with E-state index in [0.717, 1.165) is 12.0 Å². The number of amides is 1. The molecule has 0 spiro atoms. The van der Waals surface area contributed by atoms with E-state index in [9.17, 15) is 13.6 Å². The van der Waals surface area contributed by atoms with Gasteiger partial charge in [0.15, 0.2) is 0 Å². The Balaban J connectivity index is 1.90. The van der Waals surface area contributed by atoms with Crippen molar-refractivity contribution in [3.8, 4) is 5.75 Å². The van der Waals surface area contributed by atoms with Crippen LogP contribution in [0.4, 0.5) is 8.78 Å². The lowest BCUT2D eigenvalue weighted by Gasteiger charge is -2.17. The number of carbonyl (C=O) groups excluding carboxylic acids is 1. The molecule has 3 nitrogen and oxygen atoms in total. The molecule has 0 aliphatic heterocycles. The second-order valence-electron chi connectivity index (χ2n) is 5.04. The molecule has 1 amide bonds. The van der Waals surface area contributed by atoms with Gasteiger partial charge in [0, 0.05) is 19.5 Å². The van der Waals surface area contributed by atoms with Gasteiger partial charge in [-0.2, -0.15) is 8.78 Å². The molecule has 0 aromatic heterocycles. The van der Waals surface area contributed by atoms with E-state index in [1.807, 2.05) is 0 Å². The van der Waals surface area contributed by atoms with Gasteiger partial charge in [0.1, 0.15) is 5.75 Å². The van der Waals surface area contributed by atoms with E-state index >= 15 is 0 Å². The Labute approximate surface area is 111 Å². The van der Waals surface area contributed by atoms with Gasteiger partial charge < -0.3 is 9.64 Å². The molecule has 1 aromatic rings. The largest absolute Gasteiger partial charge is 0.435 e. The molecule has 1 aliphatic rings. The van der Waals surface area contributed by atoms with Crippen LogP contribution < -0.4 is 4.74 Å². The number of carbonyl (C=O) groups is 1. The fraction of sp³-hybridized carbons (Fsp3) is 0.500. The molecule has 2 atom stereocenters. The molecule has 0 saturated heterocycles. The van der Waals surface area contributed by atoms with Crippen molar-refractivity contribution >= 4 is 5.91 Å². The third-order valence-electron chi connectivity index (χ3n) is 3.37. The Hall–Kier alpha value is -1.65. The summed E-state index contributed by atoms with van der Waals surface area (Å²) in [6.45, 7) is -0.268. The first-order chi connectivity index (χ1) is 8.97. The van der Waals surface area contributed by atoms with Crippen molar-refractivity contribution in [3.05, 3.63) is 29.8 Å².